The molecular weight excluding hydrogens is 479 g/mol. The van der Waals surface area contributed by atoms with Crippen molar-refractivity contribution in [3.63, 3.8) is 0 Å². The van der Waals surface area contributed by atoms with Gasteiger partial charge in [-0.1, -0.05) is 18.5 Å². The van der Waals surface area contributed by atoms with Crippen molar-refractivity contribution in [1.82, 2.24) is 20.9 Å². The van der Waals surface area contributed by atoms with E-state index < -0.39 is 0 Å². The summed E-state index contributed by atoms with van der Waals surface area (Å²) in [4.78, 5) is 22.6. The van der Waals surface area contributed by atoms with E-state index in [0.717, 1.165) is 31.7 Å². The van der Waals surface area contributed by atoms with E-state index in [1.807, 2.05) is 19.1 Å². The number of rotatable bonds is 7. The SMILES string of the molecule is CCC(C)NC(=O)CCNC(=NC)NC1CCN(c2ncccc2Cl)C1.I. The fraction of sp³-hybridized carbons (Fsp3) is 0.611. The molecule has 1 fully saturated rings. The molecule has 1 aromatic rings. The number of hydrogen-bond acceptors (Lipinski definition) is 4. The molecule has 0 aliphatic carbocycles. The number of hydrogen-bond donors (Lipinski definition) is 3. The molecule has 1 aromatic heterocycles. The average Bonchev–Trinajstić information content (AvgIpc) is 3.09. The van der Waals surface area contributed by atoms with Crippen LogP contribution in [0.15, 0.2) is 23.3 Å². The summed E-state index contributed by atoms with van der Waals surface area (Å²) in [5.74, 6) is 1.59. The number of halogens is 2. The van der Waals surface area contributed by atoms with Crippen LogP contribution in [0.3, 0.4) is 0 Å². The summed E-state index contributed by atoms with van der Waals surface area (Å²) >= 11 is 6.23. The highest BCUT2D eigenvalue weighted by atomic mass is 127. The van der Waals surface area contributed by atoms with E-state index in [9.17, 15) is 4.79 Å². The summed E-state index contributed by atoms with van der Waals surface area (Å²) in [6, 6.07) is 4.16. The van der Waals surface area contributed by atoms with Crippen LogP contribution in [-0.2, 0) is 4.79 Å². The van der Waals surface area contributed by atoms with E-state index in [0.29, 0.717) is 23.9 Å². The Kier molecular flexibility index (Phi) is 10.8. The topological polar surface area (TPSA) is 81.6 Å². The fourth-order valence-corrected chi connectivity index (χ4v) is 3.05. The third-order valence-corrected chi connectivity index (χ3v) is 4.75. The van der Waals surface area contributed by atoms with Crippen molar-refractivity contribution in [2.75, 3.05) is 31.6 Å². The number of nitrogens with zero attached hydrogens (tertiary/aromatic N) is 3. The Morgan fingerprint density at radius 1 is 1.52 bits per heavy atom. The van der Waals surface area contributed by atoms with E-state index in [2.05, 4.69) is 37.8 Å². The van der Waals surface area contributed by atoms with Crippen molar-refractivity contribution < 1.29 is 4.79 Å². The average molecular weight is 509 g/mol. The third kappa shape index (κ3) is 7.69. The van der Waals surface area contributed by atoms with E-state index in [-0.39, 0.29) is 42.0 Å². The first kappa shape index (κ1) is 23.7. The molecule has 2 rings (SSSR count). The number of aromatic nitrogens is 1. The Morgan fingerprint density at radius 3 is 2.96 bits per heavy atom. The summed E-state index contributed by atoms with van der Waals surface area (Å²) in [7, 11) is 1.73. The van der Waals surface area contributed by atoms with Crippen LogP contribution in [0.1, 0.15) is 33.1 Å². The van der Waals surface area contributed by atoms with Crippen LogP contribution in [-0.4, -0.2) is 55.6 Å². The van der Waals surface area contributed by atoms with Gasteiger partial charge in [0.1, 0.15) is 5.82 Å². The molecule has 3 N–H and O–H groups in total. The summed E-state index contributed by atoms with van der Waals surface area (Å²) in [5, 5.41) is 10.2. The van der Waals surface area contributed by atoms with E-state index in [1.165, 1.54) is 0 Å². The molecule has 0 bridgehead atoms. The van der Waals surface area contributed by atoms with Crippen molar-refractivity contribution in [3.05, 3.63) is 23.4 Å². The Hall–Kier alpha value is -1.29. The maximum absolute atomic E-state index is 11.8. The number of anilines is 1. The first-order valence-electron chi connectivity index (χ1n) is 9.15. The monoisotopic (exact) mass is 508 g/mol. The van der Waals surface area contributed by atoms with Crippen LogP contribution in [0.2, 0.25) is 5.02 Å². The normalized spacial score (nSPS) is 17.9. The van der Waals surface area contributed by atoms with Crippen molar-refractivity contribution in [3.8, 4) is 0 Å². The molecule has 0 radical (unpaired) electrons. The van der Waals surface area contributed by atoms with Crippen LogP contribution in [0.25, 0.3) is 0 Å². The Balaban J connectivity index is 0.00000364. The largest absolute Gasteiger partial charge is 0.356 e. The lowest BCUT2D eigenvalue weighted by molar-refractivity contribution is -0.121. The summed E-state index contributed by atoms with van der Waals surface area (Å²) < 4.78 is 0. The van der Waals surface area contributed by atoms with Crippen LogP contribution >= 0.6 is 35.6 Å². The quantitative estimate of drug-likeness (QED) is 0.299. The molecule has 7 nitrogen and oxygen atoms in total. The number of amides is 1. The van der Waals surface area contributed by atoms with Gasteiger partial charge in [-0.15, -0.1) is 24.0 Å². The molecule has 0 spiro atoms. The van der Waals surface area contributed by atoms with E-state index in [1.54, 1.807) is 13.2 Å². The number of aliphatic imine (C=N–C) groups is 1. The summed E-state index contributed by atoms with van der Waals surface area (Å²) in [5.41, 5.74) is 0. The Labute approximate surface area is 183 Å². The second-order valence-electron chi connectivity index (χ2n) is 6.51. The lowest BCUT2D eigenvalue weighted by Gasteiger charge is -2.20. The maximum Gasteiger partial charge on any atom is 0.221 e. The number of pyridine rings is 1. The van der Waals surface area contributed by atoms with Crippen molar-refractivity contribution in [2.45, 2.75) is 45.2 Å². The van der Waals surface area contributed by atoms with Crippen LogP contribution in [0.4, 0.5) is 5.82 Å². The molecule has 27 heavy (non-hydrogen) atoms. The highest BCUT2D eigenvalue weighted by molar-refractivity contribution is 14.0. The molecule has 1 aliphatic heterocycles. The first-order valence-corrected chi connectivity index (χ1v) is 9.53. The molecule has 2 heterocycles. The predicted octanol–water partition coefficient (Wildman–Crippen LogP) is 2.40. The molecule has 1 amide bonds. The highest BCUT2D eigenvalue weighted by Gasteiger charge is 2.25. The fourth-order valence-electron chi connectivity index (χ4n) is 2.81. The minimum atomic E-state index is 0. The van der Waals surface area contributed by atoms with Gasteiger partial charge in [0.05, 0.1) is 5.02 Å². The zero-order valence-corrected chi connectivity index (χ0v) is 19.3. The van der Waals surface area contributed by atoms with Gasteiger partial charge in [-0.3, -0.25) is 9.79 Å². The van der Waals surface area contributed by atoms with E-state index in [4.69, 9.17) is 11.6 Å². The standard InChI is InChI=1S/C18H29ClN6O.HI/c1-4-13(2)23-16(26)7-10-22-18(20-3)24-14-8-11-25(12-14)17-15(19)6-5-9-21-17;/h5-6,9,13-14H,4,7-8,10-12H2,1-3H3,(H,23,26)(H2,20,22,24);1H. The van der Waals surface area contributed by atoms with Gasteiger partial charge in [0.2, 0.25) is 5.91 Å². The van der Waals surface area contributed by atoms with Crippen molar-refractivity contribution in [1.29, 1.82) is 0 Å². The molecule has 2 unspecified atom stereocenters. The highest BCUT2D eigenvalue weighted by Crippen LogP contribution is 2.25. The van der Waals surface area contributed by atoms with Crippen LogP contribution < -0.4 is 20.9 Å². The number of carbonyl (C=O) groups excluding carboxylic acids is 1. The van der Waals surface area contributed by atoms with Gasteiger partial charge in [-0.05, 0) is 31.9 Å². The molecule has 2 atom stereocenters. The number of guanidine groups is 1. The molecular formula is C18H30ClIN6O. The van der Waals surface area contributed by atoms with Crippen molar-refractivity contribution >= 4 is 53.3 Å². The number of carbonyl (C=O) groups is 1. The molecule has 1 aliphatic rings. The Morgan fingerprint density at radius 2 is 2.30 bits per heavy atom. The zero-order valence-electron chi connectivity index (χ0n) is 16.2. The minimum absolute atomic E-state index is 0. The van der Waals surface area contributed by atoms with Gasteiger partial charge in [0.15, 0.2) is 5.96 Å². The van der Waals surface area contributed by atoms with Gasteiger partial charge < -0.3 is 20.9 Å². The molecule has 0 aromatic carbocycles. The van der Waals surface area contributed by atoms with Gasteiger partial charge in [0, 0.05) is 51.4 Å². The minimum Gasteiger partial charge on any atom is -0.356 e. The van der Waals surface area contributed by atoms with Gasteiger partial charge in [0.25, 0.3) is 0 Å². The molecule has 9 heteroatoms. The lowest BCUT2D eigenvalue weighted by Crippen LogP contribution is -2.45. The summed E-state index contributed by atoms with van der Waals surface area (Å²) in [6.07, 6.45) is 4.08. The maximum atomic E-state index is 11.8. The van der Waals surface area contributed by atoms with Gasteiger partial charge in [-0.25, -0.2) is 4.98 Å². The van der Waals surface area contributed by atoms with Crippen LogP contribution in [0.5, 0.6) is 0 Å². The number of nitrogens with one attached hydrogen (secondary N) is 3. The van der Waals surface area contributed by atoms with Crippen LogP contribution in [0, 0.1) is 0 Å². The predicted molar refractivity (Wildman–Crippen MR) is 122 cm³/mol. The smallest absolute Gasteiger partial charge is 0.221 e. The van der Waals surface area contributed by atoms with Gasteiger partial charge in [-0.2, -0.15) is 0 Å². The molecule has 1 saturated heterocycles. The molecule has 0 saturated carbocycles. The Bertz CT molecular complexity index is 630. The second-order valence-corrected chi connectivity index (χ2v) is 6.92. The second kappa shape index (κ2) is 12.2. The van der Waals surface area contributed by atoms with Gasteiger partial charge >= 0.3 is 0 Å². The van der Waals surface area contributed by atoms with E-state index >= 15 is 0 Å². The zero-order chi connectivity index (χ0) is 18.9. The first-order chi connectivity index (χ1) is 12.5. The third-order valence-electron chi connectivity index (χ3n) is 4.46. The molecule has 152 valence electrons. The lowest BCUT2D eigenvalue weighted by atomic mass is 10.2. The summed E-state index contributed by atoms with van der Waals surface area (Å²) in [6.45, 7) is 6.31. The van der Waals surface area contributed by atoms with Crippen molar-refractivity contribution in [2.24, 2.45) is 4.99 Å².